The van der Waals surface area contributed by atoms with Crippen LogP contribution < -0.4 is 5.32 Å². The molecule has 22 heavy (non-hydrogen) atoms. The lowest BCUT2D eigenvalue weighted by Gasteiger charge is -2.39. The molecular formula is C16H23N3O3. The van der Waals surface area contributed by atoms with E-state index in [2.05, 4.69) is 10.2 Å². The average Bonchev–Trinajstić information content (AvgIpc) is 2.57. The second-order valence-electron chi connectivity index (χ2n) is 6.07. The summed E-state index contributed by atoms with van der Waals surface area (Å²) in [6.07, 6.45) is 4.32. The SMILES string of the molecule is O=[N+]([O-])c1ccccc1NC1CCN(C2CCOCC2)CC1. The molecule has 6 heteroatoms. The Balaban J connectivity index is 1.55. The zero-order valence-electron chi connectivity index (χ0n) is 12.7. The summed E-state index contributed by atoms with van der Waals surface area (Å²) in [7, 11) is 0. The van der Waals surface area contributed by atoms with Gasteiger partial charge in [-0.25, -0.2) is 0 Å². The summed E-state index contributed by atoms with van der Waals surface area (Å²) in [5, 5.41) is 14.4. The highest BCUT2D eigenvalue weighted by atomic mass is 16.6. The third-order valence-electron chi connectivity index (χ3n) is 4.70. The third kappa shape index (κ3) is 3.56. The number of para-hydroxylation sites is 2. The molecule has 0 atom stereocenters. The lowest BCUT2D eigenvalue weighted by molar-refractivity contribution is -0.384. The van der Waals surface area contributed by atoms with E-state index < -0.39 is 0 Å². The van der Waals surface area contributed by atoms with Gasteiger partial charge in [0, 0.05) is 44.5 Å². The fraction of sp³-hybridized carbons (Fsp3) is 0.625. The highest BCUT2D eigenvalue weighted by Gasteiger charge is 2.27. The van der Waals surface area contributed by atoms with E-state index >= 15 is 0 Å². The van der Waals surface area contributed by atoms with E-state index in [1.165, 1.54) is 0 Å². The first-order valence-electron chi connectivity index (χ1n) is 8.06. The van der Waals surface area contributed by atoms with Crippen LogP contribution in [0, 0.1) is 10.1 Å². The molecule has 2 heterocycles. The fourth-order valence-corrected chi connectivity index (χ4v) is 3.43. The van der Waals surface area contributed by atoms with Gasteiger partial charge in [0.2, 0.25) is 0 Å². The van der Waals surface area contributed by atoms with Crippen LogP contribution in [0.5, 0.6) is 0 Å². The Morgan fingerprint density at radius 3 is 2.50 bits per heavy atom. The van der Waals surface area contributed by atoms with Crippen molar-refractivity contribution in [3.8, 4) is 0 Å². The van der Waals surface area contributed by atoms with Crippen LogP contribution in [-0.2, 0) is 4.74 Å². The zero-order chi connectivity index (χ0) is 15.4. The van der Waals surface area contributed by atoms with Gasteiger partial charge >= 0.3 is 0 Å². The number of benzene rings is 1. The summed E-state index contributed by atoms with van der Waals surface area (Å²) in [6, 6.07) is 7.87. The average molecular weight is 305 g/mol. The Labute approximate surface area is 130 Å². The standard InChI is InChI=1S/C16H23N3O3/c20-19(21)16-4-2-1-3-15(16)17-13-5-9-18(10-6-13)14-7-11-22-12-8-14/h1-4,13-14,17H,5-12H2. The van der Waals surface area contributed by atoms with Gasteiger partial charge in [-0.2, -0.15) is 0 Å². The van der Waals surface area contributed by atoms with Gasteiger partial charge in [-0.15, -0.1) is 0 Å². The molecule has 2 fully saturated rings. The first-order valence-corrected chi connectivity index (χ1v) is 8.06. The van der Waals surface area contributed by atoms with Crippen LogP contribution in [0.4, 0.5) is 11.4 Å². The molecule has 1 aromatic carbocycles. The Bertz CT molecular complexity index is 509. The van der Waals surface area contributed by atoms with Gasteiger partial charge in [-0.3, -0.25) is 10.1 Å². The van der Waals surface area contributed by atoms with E-state index in [0.717, 1.165) is 52.0 Å². The van der Waals surface area contributed by atoms with Gasteiger partial charge in [0.15, 0.2) is 0 Å². The molecule has 0 aromatic heterocycles. The molecule has 0 amide bonds. The van der Waals surface area contributed by atoms with Gasteiger partial charge in [0.25, 0.3) is 5.69 Å². The number of rotatable bonds is 4. The Hall–Kier alpha value is -1.66. The van der Waals surface area contributed by atoms with Gasteiger partial charge in [0.05, 0.1) is 4.92 Å². The number of nitro benzene ring substituents is 1. The molecular weight excluding hydrogens is 282 g/mol. The number of nitro groups is 1. The topological polar surface area (TPSA) is 67.6 Å². The summed E-state index contributed by atoms with van der Waals surface area (Å²) in [5.41, 5.74) is 0.798. The van der Waals surface area contributed by atoms with E-state index in [4.69, 9.17) is 4.74 Å². The number of piperidine rings is 1. The van der Waals surface area contributed by atoms with Crippen LogP contribution in [-0.4, -0.2) is 48.2 Å². The van der Waals surface area contributed by atoms with Gasteiger partial charge in [-0.1, -0.05) is 12.1 Å². The second-order valence-corrected chi connectivity index (χ2v) is 6.07. The van der Waals surface area contributed by atoms with E-state index in [0.29, 0.717) is 17.8 Å². The number of anilines is 1. The number of hydrogen-bond donors (Lipinski definition) is 1. The summed E-state index contributed by atoms with van der Waals surface area (Å²) in [6.45, 7) is 3.87. The quantitative estimate of drug-likeness (QED) is 0.684. The maximum absolute atomic E-state index is 11.1. The molecule has 2 saturated heterocycles. The van der Waals surface area contributed by atoms with Crippen LogP contribution in [0.2, 0.25) is 0 Å². The summed E-state index contributed by atoms with van der Waals surface area (Å²) in [5.74, 6) is 0. The van der Waals surface area contributed by atoms with Crippen LogP contribution in [0.25, 0.3) is 0 Å². The highest BCUT2D eigenvalue weighted by Crippen LogP contribution is 2.27. The largest absolute Gasteiger partial charge is 0.381 e. The van der Waals surface area contributed by atoms with Crippen molar-refractivity contribution in [2.75, 3.05) is 31.6 Å². The molecule has 2 aliphatic heterocycles. The third-order valence-corrected chi connectivity index (χ3v) is 4.70. The normalized spacial score (nSPS) is 21.6. The number of ether oxygens (including phenoxy) is 1. The molecule has 0 saturated carbocycles. The summed E-state index contributed by atoms with van der Waals surface area (Å²) < 4.78 is 5.42. The molecule has 2 aliphatic rings. The molecule has 0 unspecified atom stereocenters. The monoisotopic (exact) mass is 305 g/mol. The minimum absolute atomic E-state index is 0.161. The van der Waals surface area contributed by atoms with Crippen LogP contribution in [0.15, 0.2) is 24.3 Å². The summed E-state index contributed by atoms with van der Waals surface area (Å²) in [4.78, 5) is 13.3. The highest BCUT2D eigenvalue weighted by molar-refractivity contribution is 5.61. The second kappa shape index (κ2) is 7.07. The maximum Gasteiger partial charge on any atom is 0.292 e. The molecule has 1 aromatic rings. The molecule has 3 rings (SSSR count). The van der Waals surface area contributed by atoms with E-state index in [1.54, 1.807) is 18.2 Å². The number of hydrogen-bond acceptors (Lipinski definition) is 5. The van der Waals surface area contributed by atoms with Crippen molar-refractivity contribution in [2.45, 2.75) is 37.8 Å². The van der Waals surface area contributed by atoms with Crippen molar-refractivity contribution in [1.82, 2.24) is 4.90 Å². The predicted octanol–water partition coefficient (Wildman–Crippen LogP) is 2.65. The number of nitrogens with zero attached hydrogens (tertiary/aromatic N) is 2. The molecule has 0 spiro atoms. The summed E-state index contributed by atoms with van der Waals surface area (Å²) >= 11 is 0. The van der Waals surface area contributed by atoms with Crippen LogP contribution in [0.1, 0.15) is 25.7 Å². The lowest BCUT2D eigenvalue weighted by Crippen LogP contribution is -2.46. The molecule has 6 nitrogen and oxygen atoms in total. The van der Waals surface area contributed by atoms with Gasteiger partial charge in [0.1, 0.15) is 5.69 Å². The van der Waals surface area contributed by atoms with Crippen molar-refractivity contribution in [2.24, 2.45) is 0 Å². The fourth-order valence-electron chi connectivity index (χ4n) is 3.43. The van der Waals surface area contributed by atoms with Crippen molar-refractivity contribution in [3.63, 3.8) is 0 Å². The van der Waals surface area contributed by atoms with Crippen molar-refractivity contribution in [1.29, 1.82) is 0 Å². The Morgan fingerprint density at radius 1 is 1.14 bits per heavy atom. The minimum atomic E-state index is -0.320. The van der Waals surface area contributed by atoms with Crippen molar-refractivity contribution in [3.05, 3.63) is 34.4 Å². The zero-order valence-corrected chi connectivity index (χ0v) is 12.7. The first kappa shape index (κ1) is 15.2. The molecule has 0 bridgehead atoms. The number of likely N-dealkylation sites (tertiary alicyclic amines) is 1. The van der Waals surface area contributed by atoms with E-state index in [1.807, 2.05) is 6.07 Å². The smallest absolute Gasteiger partial charge is 0.292 e. The lowest BCUT2D eigenvalue weighted by atomic mass is 9.99. The Kier molecular flexibility index (Phi) is 4.90. The molecule has 1 N–H and O–H groups in total. The molecule has 0 aliphatic carbocycles. The minimum Gasteiger partial charge on any atom is -0.381 e. The van der Waals surface area contributed by atoms with E-state index in [9.17, 15) is 10.1 Å². The van der Waals surface area contributed by atoms with Gasteiger partial charge in [-0.05, 0) is 31.7 Å². The van der Waals surface area contributed by atoms with Gasteiger partial charge < -0.3 is 15.0 Å². The van der Waals surface area contributed by atoms with Crippen molar-refractivity contribution >= 4 is 11.4 Å². The van der Waals surface area contributed by atoms with Crippen molar-refractivity contribution < 1.29 is 9.66 Å². The molecule has 120 valence electrons. The van der Waals surface area contributed by atoms with Crippen LogP contribution in [0.3, 0.4) is 0 Å². The Morgan fingerprint density at radius 2 is 1.82 bits per heavy atom. The maximum atomic E-state index is 11.1. The van der Waals surface area contributed by atoms with E-state index in [-0.39, 0.29) is 10.6 Å². The first-order chi connectivity index (χ1) is 10.7. The predicted molar refractivity (Wildman–Crippen MR) is 85.2 cm³/mol. The number of nitrogens with one attached hydrogen (secondary N) is 1. The van der Waals surface area contributed by atoms with Crippen LogP contribution >= 0.6 is 0 Å². The molecule has 0 radical (unpaired) electrons.